The van der Waals surface area contributed by atoms with Gasteiger partial charge in [0.05, 0.1) is 5.25 Å². The summed E-state index contributed by atoms with van der Waals surface area (Å²) >= 11 is 1.85. The van der Waals surface area contributed by atoms with Crippen LogP contribution >= 0.6 is 11.8 Å². The maximum Gasteiger partial charge on any atom is 0.153 e. The number of hydrogen-bond donors (Lipinski definition) is 0. The largest absolute Gasteiger partial charge is 0.298 e. The first-order valence-electron chi connectivity index (χ1n) is 5.59. The molecule has 0 amide bonds. The fraction of sp³-hybridized carbons (Fsp3) is 0.462. The Morgan fingerprint density at radius 1 is 1.33 bits per heavy atom. The second-order valence-corrected chi connectivity index (χ2v) is 5.67. The van der Waals surface area contributed by atoms with E-state index in [1.165, 1.54) is 23.3 Å². The summed E-state index contributed by atoms with van der Waals surface area (Å²) in [4.78, 5) is 12.2. The van der Waals surface area contributed by atoms with Crippen molar-refractivity contribution < 1.29 is 4.79 Å². The van der Waals surface area contributed by atoms with E-state index >= 15 is 0 Å². The zero-order valence-electron chi connectivity index (χ0n) is 8.61. The Morgan fingerprint density at radius 3 is 2.93 bits per heavy atom. The lowest BCUT2D eigenvalue weighted by Gasteiger charge is -2.30. The van der Waals surface area contributed by atoms with Gasteiger partial charge in [0.25, 0.3) is 0 Å². The molecule has 1 aliphatic carbocycles. The van der Waals surface area contributed by atoms with Gasteiger partial charge in [0.1, 0.15) is 0 Å². The maximum absolute atomic E-state index is 12.2. The predicted molar refractivity (Wildman–Crippen MR) is 63.4 cm³/mol. The van der Waals surface area contributed by atoms with Crippen LogP contribution < -0.4 is 0 Å². The van der Waals surface area contributed by atoms with Gasteiger partial charge in [0, 0.05) is 5.92 Å². The van der Waals surface area contributed by atoms with E-state index < -0.39 is 0 Å². The van der Waals surface area contributed by atoms with Gasteiger partial charge >= 0.3 is 0 Å². The summed E-state index contributed by atoms with van der Waals surface area (Å²) < 4.78 is 0. The Kier molecular flexibility index (Phi) is 2.32. The highest BCUT2D eigenvalue weighted by Gasteiger charge is 2.36. The molecule has 0 N–H and O–H groups in total. The van der Waals surface area contributed by atoms with Gasteiger partial charge in [0.2, 0.25) is 0 Å². The molecule has 1 fully saturated rings. The molecule has 0 spiro atoms. The molecule has 1 saturated heterocycles. The topological polar surface area (TPSA) is 17.1 Å². The molecule has 1 aromatic rings. The lowest BCUT2D eigenvalue weighted by atomic mass is 9.74. The summed E-state index contributed by atoms with van der Waals surface area (Å²) in [5.74, 6) is 1.87. The SMILES string of the molecule is O=C(C1CCCS1)C1Cc2ccccc21. The number of hydrogen-bond acceptors (Lipinski definition) is 2. The number of fused-ring (bicyclic) bond motifs is 1. The Balaban J connectivity index is 1.78. The molecule has 3 rings (SSSR count). The highest BCUT2D eigenvalue weighted by Crippen LogP contribution is 2.40. The number of thioether (sulfide) groups is 1. The van der Waals surface area contributed by atoms with E-state index in [4.69, 9.17) is 0 Å². The zero-order valence-corrected chi connectivity index (χ0v) is 9.43. The number of rotatable bonds is 2. The van der Waals surface area contributed by atoms with E-state index in [1.54, 1.807) is 0 Å². The third-order valence-corrected chi connectivity index (χ3v) is 4.84. The summed E-state index contributed by atoms with van der Waals surface area (Å²) in [6.07, 6.45) is 3.30. The van der Waals surface area contributed by atoms with Crippen LogP contribution in [-0.2, 0) is 11.2 Å². The van der Waals surface area contributed by atoms with Crippen molar-refractivity contribution in [2.24, 2.45) is 0 Å². The lowest BCUT2D eigenvalue weighted by Crippen LogP contribution is -2.30. The van der Waals surface area contributed by atoms with Gasteiger partial charge in [-0.2, -0.15) is 11.8 Å². The van der Waals surface area contributed by atoms with Crippen molar-refractivity contribution in [2.45, 2.75) is 30.4 Å². The molecule has 2 heteroatoms. The number of benzene rings is 1. The van der Waals surface area contributed by atoms with E-state index in [0.29, 0.717) is 11.0 Å². The van der Waals surface area contributed by atoms with Crippen LogP contribution in [0.4, 0.5) is 0 Å². The van der Waals surface area contributed by atoms with Crippen molar-refractivity contribution in [2.75, 3.05) is 5.75 Å². The highest BCUT2D eigenvalue weighted by atomic mass is 32.2. The maximum atomic E-state index is 12.2. The Bertz CT molecular complexity index is 393. The summed E-state index contributed by atoms with van der Waals surface area (Å²) in [6.45, 7) is 0. The van der Waals surface area contributed by atoms with Gasteiger partial charge in [0.15, 0.2) is 5.78 Å². The molecular weight excluding hydrogens is 204 g/mol. The fourth-order valence-corrected chi connectivity index (χ4v) is 3.82. The molecule has 0 aromatic heterocycles. The Labute approximate surface area is 94.3 Å². The summed E-state index contributed by atoms with van der Waals surface area (Å²) in [7, 11) is 0. The average molecular weight is 218 g/mol. The third kappa shape index (κ3) is 1.51. The normalized spacial score (nSPS) is 28.3. The number of ketones is 1. The van der Waals surface area contributed by atoms with Gasteiger partial charge < -0.3 is 0 Å². The first-order valence-corrected chi connectivity index (χ1v) is 6.64. The van der Waals surface area contributed by atoms with Crippen molar-refractivity contribution in [1.82, 2.24) is 0 Å². The minimum atomic E-state index is 0.219. The number of carbonyl (C=O) groups excluding carboxylic acids is 1. The smallest absolute Gasteiger partial charge is 0.153 e. The van der Waals surface area contributed by atoms with Gasteiger partial charge in [-0.1, -0.05) is 24.3 Å². The van der Waals surface area contributed by atoms with Crippen molar-refractivity contribution in [3.8, 4) is 0 Å². The molecule has 2 atom stereocenters. The van der Waals surface area contributed by atoms with E-state index in [-0.39, 0.29) is 5.92 Å². The molecule has 0 saturated carbocycles. The van der Waals surface area contributed by atoms with Crippen molar-refractivity contribution in [3.05, 3.63) is 35.4 Å². The van der Waals surface area contributed by atoms with E-state index in [1.807, 2.05) is 17.8 Å². The monoisotopic (exact) mass is 218 g/mol. The standard InChI is InChI=1S/C13H14OS/c14-13(12-6-3-7-15-12)11-8-9-4-1-2-5-10(9)11/h1-2,4-5,11-12H,3,6-8H2. The zero-order chi connectivity index (χ0) is 10.3. The molecule has 1 heterocycles. The van der Waals surface area contributed by atoms with Gasteiger partial charge in [-0.05, 0) is 36.1 Å². The molecule has 78 valence electrons. The second-order valence-electron chi connectivity index (χ2n) is 4.36. The Morgan fingerprint density at radius 2 is 2.20 bits per heavy atom. The fourth-order valence-electron chi connectivity index (χ4n) is 2.54. The number of Topliss-reactive ketones (excluding diaryl/α,β-unsaturated/α-hetero) is 1. The molecule has 2 aliphatic rings. The van der Waals surface area contributed by atoms with Crippen LogP contribution in [0.25, 0.3) is 0 Å². The van der Waals surface area contributed by atoms with Gasteiger partial charge in [-0.15, -0.1) is 0 Å². The first kappa shape index (κ1) is 9.46. The van der Waals surface area contributed by atoms with E-state index in [9.17, 15) is 4.79 Å². The average Bonchev–Trinajstić information content (AvgIpc) is 2.72. The van der Waals surface area contributed by atoms with E-state index in [2.05, 4.69) is 18.2 Å². The molecule has 2 unspecified atom stereocenters. The van der Waals surface area contributed by atoms with Crippen molar-refractivity contribution >= 4 is 17.5 Å². The second kappa shape index (κ2) is 3.67. The summed E-state index contributed by atoms with van der Waals surface area (Å²) in [5.41, 5.74) is 2.66. The summed E-state index contributed by atoms with van der Waals surface area (Å²) in [5, 5.41) is 0.295. The van der Waals surface area contributed by atoms with Crippen LogP contribution in [0.5, 0.6) is 0 Å². The first-order chi connectivity index (χ1) is 7.36. The lowest BCUT2D eigenvalue weighted by molar-refractivity contribution is -0.120. The Hall–Kier alpha value is -0.760. The minimum absolute atomic E-state index is 0.219. The van der Waals surface area contributed by atoms with Gasteiger partial charge in [-0.3, -0.25) is 4.79 Å². The summed E-state index contributed by atoms with van der Waals surface area (Å²) in [6, 6.07) is 8.35. The molecule has 0 bridgehead atoms. The van der Waals surface area contributed by atoms with Crippen molar-refractivity contribution in [3.63, 3.8) is 0 Å². The minimum Gasteiger partial charge on any atom is -0.298 e. The molecule has 15 heavy (non-hydrogen) atoms. The number of carbonyl (C=O) groups is 1. The van der Waals surface area contributed by atoms with Crippen molar-refractivity contribution in [1.29, 1.82) is 0 Å². The molecule has 1 nitrogen and oxygen atoms in total. The van der Waals surface area contributed by atoms with Crippen LogP contribution in [0.2, 0.25) is 0 Å². The van der Waals surface area contributed by atoms with E-state index in [0.717, 1.165) is 12.8 Å². The molecular formula is C13H14OS. The third-order valence-electron chi connectivity index (χ3n) is 3.45. The predicted octanol–water partition coefficient (Wildman–Crippen LogP) is 2.79. The molecule has 0 radical (unpaired) electrons. The van der Waals surface area contributed by atoms with Crippen LogP contribution in [0.15, 0.2) is 24.3 Å². The van der Waals surface area contributed by atoms with Crippen LogP contribution in [0, 0.1) is 0 Å². The van der Waals surface area contributed by atoms with Crippen LogP contribution in [0.3, 0.4) is 0 Å². The quantitative estimate of drug-likeness (QED) is 0.759. The van der Waals surface area contributed by atoms with Crippen LogP contribution in [-0.4, -0.2) is 16.8 Å². The molecule has 1 aromatic carbocycles. The van der Waals surface area contributed by atoms with Crippen LogP contribution in [0.1, 0.15) is 29.9 Å². The van der Waals surface area contributed by atoms with Gasteiger partial charge in [-0.25, -0.2) is 0 Å². The molecule has 1 aliphatic heterocycles. The highest BCUT2D eigenvalue weighted by molar-refractivity contribution is 8.00.